The minimum atomic E-state index is -0.222. The van der Waals surface area contributed by atoms with Crippen LogP contribution in [0.3, 0.4) is 0 Å². The lowest BCUT2D eigenvalue weighted by molar-refractivity contribution is -0.0618. The first kappa shape index (κ1) is 12.0. The van der Waals surface area contributed by atoms with Crippen molar-refractivity contribution < 1.29 is 9.63 Å². The molecule has 0 aliphatic heterocycles. The van der Waals surface area contributed by atoms with E-state index in [1.54, 1.807) is 14.1 Å². The van der Waals surface area contributed by atoms with Gasteiger partial charge < -0.3 is 0 Å². The Hall–Kier alpha value is -1.07. The number of hydrogen-bond acceptors (Lipinski definition) is 2. The highest BCUT2D eigenvalue weighted by atomic mass is 79.9. The molecule has 1 aromatic rings. The molecule has 0 spiro atoms. The van der Waals surface area contributed by atoms with E-state index in [1.807, 2.05) is 24.3 Å². The third kappa shape index (κ3) is 2.94. The summed E-state index contributed by atoms with van der Waals surface area (Å²) in [7, 11) is 4.71. The van der Waals surface area contributed by atoms with Crippen LogP contribution >= 0.6 is 15.9 Å². The van der Waals surface area contributed by atoms with Crippen LogP contribution in [0.2, 0.25) is 0 Å². The standard InChI is InChI=1S/C10H13BrN2O2/c1-12(10(14)13(2)15-3)9-6-4-8(11)5-7-9/h4-7H,1-3H3. The Labute approximate surface area is 97.5 Å². The van der Waals surface area contributed by atoms with Crippen LogP contribution in [0.15, 0.2) is 28.7 Å². The molecule has 0 radical (unpaired) electrons. The minimum Gasteiger partial charge on any atom is -0.296 e. The molecule has 4 nitrogen and oxygen atoms in total. The number of hydrogen-bond donors (Lipinski definition) is 0. The summed E-state index contributed by atoms with van der Waals surface area (Å²) >= 11 is 3.34. The predicted molar refractivity (Wildman–Crippen MR) is 62.7 cm³/mol. The monoisotopic (exact) mass is 272 g/mol. The van der Waals surface area contributed by atoms with Gasteiger partial charge in [-0.05, 0) is 24.3 Å². The second-order valence-electron chi connectivity index (χ2n) is 3.00. The highest BCUT2D eigenvalue weighted by Crippen LogP contribution is 2.17. The van der Waals surface area contributed by atoms with Crippen LogP contribution in [-0.2, 0) is 4.84 Å². The summed E-state index contributed by atoms with van der Waals surface area (Å²) in [6, 6.07) is 7.24. The largest absolute Gasteiger partial charge is 0.347 e. The van der Waals surface area contributed by atoms with Gasteiger partial charge in [0.2, 0.25) is 0 Å². The summed E-state index contributed by atoms with van der Waals surface area (Å²) in [5.74, 6) is 0. The Bertz CT molecular complexity index is 340. The van der Waals surface area contributed by atoms with Crippen LogP contribution < -0.4 is 4.90 Å². The van der Waals surface area contributed by atoms with Crippen molar-refractivity contribution in [2.24, 2.45) is 0 Å². The number of carbonyl (C=O) groups is 1. The average molecular weight is 273 g/mol. The van der Waals surface area contributed by atoms with Gasteiger partial charge in [-0.1, -0.05) is 15.9 Å². The number of benzene rings is 1. The van der Waals surface area contributed by atoms with Crippen LogP contribution in [0.5, 0.6) is 0 Å². The zero-order valence-electron chi connectivity index (χ0n) is 8.90. The smallest absolute Gasteiger partial charge is 0.296 e. The molecule has 0 saturated heterocycles. The Kier molecular flexibility index (Phi) is 4.11. The van der Waals surface area contributed by atoms with Gasteiger partial charge in [-0.15, -0.1) is 0 Å². The molecular weight excluding hydrogens is 260 g/mol. The third-order valence-electron chi connectivity index (χ3n) is 2.04. The number of nitrogens with zero attached hydrogens (tertiary/aromatic N) is 2. The lowest BCUT2D eigenvalue weighted by atomic mass is 10.3. The summed E-state index contributed by atoms with van der Waals surface area (Å²) in [6.07, 6.45) is 0. The molecule has 1 aromatic carbocycles. The van der Waals surface area contributed by atoms with Crippen molar-refractivity contribution >= 4 is 27.6 Å². The van der Waals surface area contributed by atoms with E-state index in [4.69, 9.17) is 4.84 Å². The van der Waals surface area contributed by atoms with Crippen molar-refractivity contribution in [3.05, 3.63) is 28.7 Å². The molecule has 1 rings (SSSR count). The lowest BCUT2D eigenvalue weighted by Gasteiger charge is -2.22. The van der Waals surface area contributed by atoms with Crippen molar-refractivity contribution in [1.82, 2.24) is 5.06 Å². The fourth-order valence-corrected chi connectivity index (χ4v) is 1.33. The summed E-state index contributed by atoms with van der Waals surface area (Å²) in [5.41, 5.74) is 0.812. The second-order valence-corrected chi connectivity index (χ2v) is 3.91. The van der Waals surface area contributed by atoms with Crippen LogP contribution in [0.1, 0.15) is 0 Å². The molecule has 2 amide bonds. The normalized spacial score (nSPS) is 9.87. The van der Waals surface area contributed by atoms with Gasteiger partial charge in [-0.25, -0.2) is 9.86 Å². The van der Waals surface area contributed by atoms with E-state index in [1.165, 1.54) is 17.1 Å². The van der Waals surface area contributed by atoms with Gasteiger partial charge in [-0.3, -0.25) is 9.74 Å². The molecule has 15 heavy (non-hydrogen) atoms. The van der Waals surface area contributed by atoms with Crippen LogP contribution in [0.4, 0.5) is 10.5 Å². The van der Waals surface area contributed by atoms with Crippen molar-refractivity contribution in [3.63, 3.8) is 0 Å². The second kappa shape index (κ2) is 5.14. The van der Waals surface area contributed by atoms with Crippen molar-refractivity contribution in [3.8, 4) is 0 Å². The van der Waals surface area contributed by atoms with E-state index in [9.17, 15) is 4.79 Å². The SMILES string of the molecule is CON(C)C(=O)N(C)c1ccc(Br)cc1. The lowest BCUT2D eigenvalue weighted by Crippen LogP contribution is -2.38. The zero-order chi connectivity index (χ0) is 11.4. The Morgan fingerprint density at radius 3 is 2.27 bits per heavy atom. The van der Waals surface area contributed by atoms with Gasteiger partial charge in [0.15, 0.2) is 0 Å². The first-order chi connectivity index (χ1) is 7.06. The van der Waals surface area contributed by atoms with Gasteiger partial charge >= 0.3 is 6.03 Å². The maximum atomic E-state index is 11.7. The molecule has 0 saturated carbocycles. The molecule has 0 bridgehead atoms. The number of rotatable bonds is 2. The third-order valence-corrected chi connectivity index (χ3v) is 2.57. The van der Waals surface area contributed by atoms with Crippen molar-refractivity contribution in [2.45, 2.75) is 0 Å². The molecule has 5 heteroatoms. The fourth-order valence-electron chi connectivity index (χ4n) is 1.06. The Balaban J connectivity index is 2.80. The molecule has 0 atom stereocenters. The number of hydroxylamine groups is 2. The number of urea groups is 1. The Morgan fingerprint density at radius 2 is 1.80 bits per heavy atom. The summed E-state index contributed by atoms with van der Waals surface area (Å²) < 4.78 is 0.979. The van der Waals surface area contributed by atoms with E-state index in [0.29, 0.717) is 0 Å². The van der Waals surface area contributed by atoms with E-state index >= 15 is 0 Å². The predicted octanol–water partition coefficient (Wildman–Crippen LogP) is 2.50. The molecule has 82 valence electrons. The molecule has 0 unspecified atom stereocenters. The average Bonchev–Trinajstić information content (AvgIpc) is 2.27. The molecule has 0 heterocycles. The van der Waals surface area contributed by atoms with E-state index < -0.39 is 0 Å². The number of amides is 2. The minimum absolute atomic E-state index is 0.222. The van der Waals surface area contributed by atoms with Crippen LogP contribution in [-0.4, -0.2) is 32.3 Å². The summed E-state index contributed by atoms with van der Waals surface area (Å²) in [6.45, 7) is 0. The van der Waals surface area contributed by atoms with Gasteiger partial charge in [0, 0.05) is 24.3 Å². The number of halogens is 1. The first-order valence-corrected chi connectivity index (χ1v) is 5.16. The van der Waals surface area contributed by atoms with Gasteiger partial charge in [0.1, 0.15) is 0 Å². The zero-order valence-corrected chi connectivity index (χ0v) is 10.5. The number of carbonyl (C=O) groups excluding carboxylic acids is 1. The van der Waals surface area contributed by atoms with E-state index in [2.05, 4.69) is 15.9 Å². The summed E-state index contributed by atoms with van der Waals surface area (Å²) in [5, 5.41) is 1.17. The number of anilines is 1. The molecule has 0 aliphatic carbocycles. The van der Waals surface area contributed by atoms with Crippen LogP contribution in [0.25, 0.3) is 0 Å². The van der Waals surface area contributed by atoms with Crippen molar-refractivity contribution in [2.75, 3.05) is 26.1 Å². The molecular formula is C10H13BrN2O2. The highest BCUT2D eigenvalue weighted by molar-refractivity contribution is 9.10. The van der Waals surface area contributed by atoms with E-state index in [-0.39, 0.29) is 6.03 Å². The molecule has 0 aliphatic rings. The van der Waals surface area contributed by atoms with Crippen molar-refractivity contribution in [1.29, 1.82) is 0 Å². The summed E-state index contributed by atoms with van der Waals surface area (Å²) in [4.78, 5) is 18.0. The maximum absolute atomic E-state index is 11.7. The molecule has 0 fully saturated rings. The molecule has 0 aromatic heterocycles. The quantitative estimate of drug-likeness (QED) is 0.775. The van der Waals surface area contributed by atoms with Gasteiger partial charge in [-0.2, -0.15) is 0 Å². The van der Waals surface area contributed by atoms with Gasteiger partial charge in [0.05, 0.1) is 7.11 Å². The topological polar surface area (TPSA) is 32.8 Å². The highest BCUT2D eigenvalue weighted by Gasteiger charge is 2.14. The maximum Gasteiger partial charge on any atom is 0.347 e. The Morgan fingerprint density at radius 1 is 1.27 bits per heavy atom. The molecule has 0 N–H and O–H groups in total. The van der Waals surface area contributed by atoms with E-state index in [0.717, 1.165) is 10.2 Å². The van der Waals surface area contributed by atoms with Gasteiger partial charge in [0.25, 0.3) is 0 Å². The van der Waals surface area contributed by atoms with Crippen LogP contribution in [0, 0.1) is 0 Å². The first-order valence-electron chi connectivity index (χ1n) is 4.37. The fraction of sp³-hybridized carbons (Fsp3) is 0.300.